The number of aromatic nitrogens is 1. The maximum Gasteiger partial charge on any atom is 0.217 e. The Kier molecular flexibility index (Phi) is 7.91. The molecule has 0 aliphatic rings. The molecule has 3 rings (SSSR count). The van der Waals surface area contributed by atoms with Crippen LogP contribution in [0.2, 0.25) is 0 Å². The van der Waals surface area contributed by atoms with Crippen molar-refractivity contribution in [3.05, 3.63) is 66.2 Å². The molecule has 0 spiro atoms. The van der Waals surface area contributed by atoms with Crippen LogP contribution < -0.4 is 5.32 Å². The number of carbonyl (C=O) groups is 2. The minimum absolute atomic E-state index is 0.0439. The summed E-state index contributed by atoms with van der Waals surface area (Å²) in [5, 5.41) is 2.98. The number of oxazole rings is 1. The Morgan fingerprint density at radius 2 is 1.56 bits per heavy atom. The highest BCUT2D eigenvalue weighted by Crippen LogP contribution is 2.30. The lowest BCUT2D eigenvalue weighted by Crippen LogP contribution is -2.48. The number of hydrogen-bond acceptors (Lipinski definition) is 5. The third kappa shape index (κ3) is 5.88. The number of Topliss-reactive ketones (excluding diaryl/α,β-unsaturated/α-hetero) is 1. The van der Waals surface area contributed by atoms with Gasteiger partial charge < -0.3 is 9.73 Å². The number of carbonyl (C=O) groups excluding carboxylic acids is 2. The standard InChI is InChI=1S/C26H30N2O3S/c1-5-25-27-23(17-31-25)19-8-12-21(13-9-19)32-22-14-10-20(11-15-22)24(30)16-26(6-2,7-3)28-18(4)29/h8-15,17H,5-7,16H2,1-4H3,(H,28,29). The highest BCUT2D eigenvalue weighted by Gasteiger charge is 2.30. The Morgan fingerprint density at radius 3 is 2.06 bits per heavy atom. The lowest BCUT2D eigenvalue weighted by Gasteiger charge is -2.32. The van der Waals surface area contributed by atoms with Crippen LogP contribution in [-0.4, -0.2) is 22.2 Å². The Bertz CT molecular complexity index is 1050. The van der Waals surface area contributed by atoms with Gasteiger partial charge in [0, 0.05) is 46.2 Å². The van der Waals surface area contributed by atoms with Gasteiger partial charge in [-0.3, -0.25) is 9.59 Å². The molecule has 0 radical (unpaired) electrons. The number of amides is 1. The van der Waals surface area contributed by atoms with E-state index in [0.29, 0.717) is 24.8 Å². The van der Waals surface area contributed by atoms with Crippen molar-refractivity contribution in [1.29, 1.82) is 0 Å². The van der Waals surface area contributed by atoms with E-state index in [1.165, 1.54) is 6.92 Å². The van der Waals surface area contributed by atoms with Crippen LogP contribution in [0, 0.1) is 0 Å². The van der Waals surface area contributed by atoms with Crippen LogP contribution >= 0.6 is 11.8 Å². The second kappa shape index (κ2) is 10.6. The molecule has 0 aliphatic carbocycles. The number of hydrogen-bond donors (Lipinski definition) is 1. The van der Waals surface area contributed by atoms with Gasteiger partial charge in [-0.15, -0.1) is 0 Å². The van der Waals surface area contributed by atoms with Gasteiger partial charge in [-0.05, 0) is 37.1 Å². The highest BCUT2D eigenvalue weighted by atomic mass is 32.2. The summed E-state index contributed by atoms with van der Waals surface area (Å²) in [6.07, 6.45) is 4.20. The summed E-state index contributed by atoms with van der Waals surface area (Å²) >= 11 is 1.64. The Hall–Kier alpha value is -2.86. The van der Waals surface area contributed by atoms with Crippen LogP contribution in [0.15, 0.2) is 69.0 Å². The number of nitrogens with one attached hydrogen (secondary N) is 1. The van der Waals surface area contributed by atoms with Crippen LogP contribution in [-0.2, 0) is 11.2 Å². The molecule has 0 atom stereocenters. The van der Waals surface area contributed by atoms with Gasteiger partial charge in [-0.25, -0.2) is 4.98 Å². The first kappa shape index (κ1) is 23.8. The average molecular weight is 451 g/mol. The van der Waals surface area contributed by atoms with E-state index >= 15 is 0 Å². The molecule has 2 aromatic carbocycles. The summed E-state index contributed by atoms with van der Waals surface area (Å²) in [7, 11) is 0. The van der Waals surface area contributed by atoms with Crippen molar-refractivity contribution < 1.29 is 14.0 Å². The van der Waals surface area contributed by atoms with E-state index in [1.54, 1.807) is 18.0 Å². The minimum atomic E-state index is -0.486. The number of nitrogens with zero attached hydrogens (tertiary/aromatic N) is 1. The number of ketones is 1. The van der Waals surface area contributed by atoms with Crippen LogP contribution in [0.1, 0.15) is 63.2 Å². The van der Waals surface area contributed by atoms with E-state index in [0.717, 1.165) is 33.4 Å². The maximum absolute atomic E-state index is 12.9. The molecule has 1 amide bonds. The van der Waals surface area contributed by atoms with Gasteiger partial charge in [0.2, 0.25) is 5.91 Å². The molecule has 0 saturated carbocycles. The lowest BCUT2D eigenvalue weighted by atomic mass is 9.85. The molecule has 3 aromatic rings. The van der Waals surface area contributed by atoms with Gasteiger partial charge in [0.25, 0.3) is 0 Å². The molecule has 0 unspecified atom stereocenters. The molecule has 1 heterocycles. The van der Waals surface area contributed by atoms with Gasteiger partial charge in [-0.1, -0.05) is 56.8 Å². The minimum Gasteiger partial charge on any atom is -0.448 e. The summed E-state index contributed by atoms with van der Waals surface area (Å²) in [4.78, 5) is 31.1. The fraction of sp³-hybridized carbons (Fsp3) is 0.346. The molecule has 6 heteroatoms. The fourth-order valence-electron chi connectivity index (χ4n) is 3.65. The normalized spacial score (nSPS) is 11.4. The summed E-state index contributed by atoms with van der Waals surface area (Å²) in [5.41, 5.74) is 2.04. The zero-order valence-electron chi connectivity index (χ0n) is 19.1. The molecule has 168 valence electrons. The summed E-state index contributed by atoms with van der Waals surface area (Å²) in [6.45, 7) is 7.52. The van der Waals surface area contributed by atoms with Crippen LogP contribution in [0.3, 0.4) is 0 Å². The van der Waals surface area contributed by atoms with E-state index in [9.17, 15) is 9.59 Å². The summed E-state index contributed by atoms with van der Waals surface area (Å²) in [5.74, 6) is 0.677. The van der Waals surface area contributed by atoms with E-state index in [2.05, 4.69) is 22.4 Å². The SMILES string of the molecule is CCc1nc(-c2ccc(Sc3ccc(C(=O)CC(CC)(CC)NC(C)=O)cc3)cc2)co1. The first-order chi connectivity index (χ1) is 15.4. The molecule has 0 aliphatic heterocycles. The molecule has 32 heavy (non-hydrogen) atoms. The van der Waals surface area contributed by atoms with Crippen LogP contribution in [0.4, 0.5) is 0 Å². The molecule has 1 aromatic heterocycles. The Balaban J connectivity index is 1.65. The van der Waals surface area contributed by atoms with Crippen LogP contribution in [0.25, 0.3) is 11.3 Å². The van der Waals surface area contributed by atoms with E-state index in [1.807, 2.05) is 57.2 Å². The summed E-state index contributed by atoms with van der Waals surface area (Å²) in [6, 6.07) is 15.9. The third-order valence-corrected chi connectivity index (χ3v) is 6.73. The zero-order valence-corrected chi connectivity index (χ0v) is 19.9. The monoisotopic (exact) mass is 450 g/mol. The van der Waals surface area contributed by atoms with Gasteiger partial charge in [0.1, 0.15) is 12.0 Å². The van der Waals surface area contributed by atoms with Crippen molar-refractivity contribution in [2.45, 2.75) is 68.7 Å². The molecular weight excluding hydrogens is 420 g/mol. The van der Waals surface area contributed by atoms with Crippen molar-refractivity contribution in [2.75, 3.05) is 0 Å². The first-order valence-corrected chi connectivity index (χ1v) is 11.8. The Morgan fingerprint density at radius 1 is 0.969 bits per heavy atom. The second-order valence-electron chi connectivity index (χ2n) is 7.90. The smallest absolute Gasteiger partial charge is 0.217 e. The van der Waals surface area contributed by atoms with Gasteiger partial charge in [-0.2, -0.15) is 0 Å². The fourth-order valence-corrected chi connectivity index (χ4v) is 4.46. The maximum atomic E-state index is 12.9. The third-order valence-electron chi connectivity index (χ3n) is 5.71. The zero-order chi connectivity index (χ0) is 23.1. The van der Waals surface area contributed by atoms with Gasteiger partial charge in [0.15, 0.2) is 11.7 Å². The lowest BCUT2D eigenvalue weighted by molar-refractivity contribution is -0.120. The highest BCUT2D eigenvalue weighted by molar-refractivity contribution is 7.99. The van der Waals surface area contributed by atoms with E-state index in [4.69, 9.17) is 4.42 Å². The molecule has 0 bridgehead atoms. The molecular formula is C26H30N2O3S. The average Bonchev–Trinajstić information content (AvgIpc) is 3.28. The quantitative estimate of drug-likeness (QED) is 0.366. The Labute approximate surface area is 194 Å². The van der Waals surface area contributed by atoms with Gasteiger partial charge in [0.05, 0.1) is 0 Å². The molecule has 0 fully saturated rings. The van der Waals surface area contributed by atoms with E-state index < -0.39 is 5.54 Å². The number of rotatable bonds is 10. The second-order valence-corrected chi connectivity index (χ2v) is 9.05. The predicted octanol–water partition coefficient (Wildman–Crippen LogP) is 6.32. The van der Waals surface area contributed by atoms with Gasteiger partial charge >= 0.3 is 0 Å². The van der Waals surface area contributed by atoms with Crippen molar-refractivity contribution in [3.63, 3.8) is 0 Å². The molecule has 1 N–H and O–H groups in total. The first-order valence-electron chi connectivity index (χ1n) is 11.0. The topological polar surface area (TPSA) is 72.2 Å². The summed E-state index contributed by atoms with van der Waals surface area (Å²) < 4.78 is 5.42. The van der Waals surface area contributed by atoms with E-state index in [-0.39, 0.29) is 11.7 Å². The predicted molar refractivity (Wildman–Crippen MR) is 128 cm³/mol. The van der Waals surface area contributed by atoms with Crippen molar-refractivity contribution in [3.8, 4) is 11.3 Å². The molecule has 5 nitrogen and oxygen atoms in total. The van der Waals surface area contributed by atoms with Crippen molar-refractivity contribution in [2.24, 2.45) is 0 Å². The number of aryl methyl sites for hydroxylation is 1. The number of benzene rings is 2. The molecule has 0 saturated heterocycles. The van der Waals surface area contributed by atoms with Crippen molar-refractivity contribution in [1.82, 2.24) is 10.3 Å². The largest absolute Gasteiger partial charge is 0.448 e. The van der Waals surface area contributed by atoms with Crippen LogP contribution in [0.5, 0.6) is 0 Å². The van der Waals surface area contributed by atoms with Crippen molar-refractivity contribution >= 4 is 23.5 Å².